The molecule has 6 heteroatoms. The van der Waals surface area contributed by atoms with Crippen molar-refractivity contribution in [3.05, 3.63) is 22.4 Å². The van der Waals surface area contributed by atoms with Gasteiger partial charge >= 0.3 is 0 Å². The number of nitrogens with two attached hydrogens (primary N) is 1. The van der Waals surface area contributed by atoms with Crippen molar-refractivity contribution >= 4 is 21.8 Å². The summed E-state index contributed by atoms with van der Waals surface area (Å²) in [6.07, 6.45) is 1.86. The van der Waals surface area contributed by atoms with Gasteiger partial charge in [0.2, 0.25) is 0 Å². The van der Waals surface area contributed by atoms with Gasteiger partial charge in [0.1, 0.15) is 5.69 Å². The fraction of sp³-hybridized carbons (Fsp3) is 0.643. The van der Waals surface area contributed by atoms with Gasteiger partial charge in [0.15, 0.2) is 0 Å². The Balaban J connectivity index is 2.19. The molecule has 0 aromatic carbocycles. The van der Waals surface area contributed by atoms with Crippen molar-refractivity contribution in [3.63, 3.8) is 0 Å². The molecule has 1 saturated heterocycles. The smallest absolute Gasteiger partial charge is 0.270 e. The predicted octanol–water partition coefficient (Wildman–Crippen LogP) is 2.02. The van der Waals surface area contributed by atoms with Gasteiger partial charge in [0.05, 0.1) is 12.7 Å². The van der Waals surface area contributed by atoms with Gasteiger partial charge in [0, 0.05) is 35.8 Å². The third-order valence-electron chi connectivity index (χ3n) is 3.56. The molecule has 0 bridgehead atoms. The summed E-state index contributed by atoms with van der Waals surface area (Å²) in [4.78, 5) is 14.5. The van der Waals surface area contributed by atoms with Crippen LogP contribution in [-0.4, -0.2) is 47.2 Å². The van der Waals surface area contributed by atoms with Crippen molar-refractivity contribution in [3.8, 4) is 0 Å². The molecule has 2 rings (SSSR count). The first-order valence-electron chi connectivity index (χ1n) is 6.94. The lowest BCUT2D eigenvalue weighted by Gasteiger charge is -2.35. The summed E-state index contributed by atoms with van der Waals surface area (Å²) in [6.45, 7) is 7.74. The van der Waals surface area contributed by atoms with E-state index in [2.05, 4.69) is 29.8 Å². The van der Waals surface area contributed by atoms with Crippen LogP contribution in [-0.2, 0) is 4.74 Å². The van der Waals surface area contributed by atoms with Crippen LogP contribution in [0.3, 0.4) is 0 Å². The van der Waals surface area contributed by atoms with Crippen LogP contribution in [0.4, 0.5) is 0 Å². The van der Waals surface area contributed by atoms with Crippen LogP contribution in [0.25, 0.3) is 0 Å². The largest absolute Gasteiger partial charge is 0.373 e. The molecule has 112 valence electrons. The molecule has 1 aliphatic heterocycles. The molecule has 2 heterocycles. The van der Waals surface area contributed by atoms with E-state index in [0.717, 1.165) is 4.47 Å². The maximum Gasteiger partial charge on any atom is 0.270 e. The molecule has 20 heavy (non-hydrogen) atoms. The van der Waals surface area contributed by atoms with E-state index in [4.69, 9.17) is 10.5 Å². The highest BCUT2D eigenvalue weighted by atomic mass is 79.9. The number of nitrogens with zero attached hydrogens (tertiary/aromatic N) is 2. The minimum absolute atomic E-state index is 0.0401. The summed E-state index contributed by atoms with van der Waals surface area (Å²) in [5.74, 6) is 0.0401. The summed E-state index contributed by atoms with van der Waals surface area (Å²) in [5.41, 5.74) is 6.58. The zero-order chi connectivity index (χ0) is 14.9. The van der Waals surface area contributed by atoms with Crippen LogP contribution in [0.15, 0.2) is 16.7 Å². The molecule has 2 atom stereocenters. The van der Waals surface area contributed by atoms with Crippen LogP contribution in [0.5, 0.6) is 0 Å². The van der Waals surface area contributed by atoms with Gasteiger partial charge in [-0.3, -0.25) is 4.79 Å². The lowest BCUT2D eigenvalue weighted by Crippen LogP contribution is -2.51. The van der Waals surface area contributed by atoms with Crippen molar-refractivity contribution in [2.24, 2.45) is 5.73 Å². The highest BCUT2D eigenvalue weighted by Crippen LogP contribution is 2.21. The van der Waals surface area contributed by atoms with Crippen LogP contribution in [0.1, 0.15) is 37.3 Å². The Morgan fingerprint density at radius 3 is 2.80 bits per heavy atom. The third kappa shape index (κ3) is 3.24. The second-order valence-corrected chi connectivity index (χ2v) is 6.48. The Morgan fingerprint density at radius 2 is 2.20 bits per heavy atom. The van der Waals surface area contributed by atoms with Crippen LogP contribution >= 0.6 is 15.9 Å². The first kappa shape index (κ1) is 15.5. The molecule has 1 aromatic rings. The summed E-state index contributed by atoms with van der Waals surface area (Å²) in [7, 11) is 0. The number of rotatable bonds is 3. The Hall–Kier alpha value is -0.850. The highest BCUT2D eigenvalue weighted by Gasteiger charge is 2.29. The van der Waals surface area contributed by atoms with Crippen LogP contribution in [0, 0.1) is 0 Å². The maximum absolute atomic E-state index is 12.7. The van der Waals surface area contributed by atoms with Gasteiger partial charge in [-0.15, -0.1) is 0 Å². The monoisotopic (exact) mass is 343 g/mol. The minimum Gasteiger partial charge on any atom is -0.373 e. The van der Waals surface area contributed by atoms with E-state index in [1.165, 1.54) is 0 Å². The Morgan fingerprint density at radius 1 is 1.50 bits per heavy atom. The van der Waals surface area contributed by atoms with Gasteiger partial charge in [-0.2, -0.15) is 0 Å². The van der Waals surface area contributed by atoms with Gasteiger partial charge in [-0.25, -0.2) is 0 Å². The van der Waals surface area contributed by atoms with Gasteiger partial charge < -0.3 is 19.9 Å². The fourth-order valence-corrected chi connectivity index (χ4v) is 2.82. The number of morpholine rings is 1. The Kier molecular flexibility index (Phi) is 4.88. The second kappa shape index (κ2) is 6.28. The van der Waals surface area contributed by atoms with E-state index in [-0.39, 0.29) is 24.1 Å². The molecule has 2 unspecified atom stereocenters. The lowest BCUT2D eigenvalue weighted by atomic mass is 10.1. The molecule has 2 N–H and O–H groups in total. The van der Waals surface area contributed by atoms with Crippen LogP contribution in [0.2, 0.25) is 0 Å². The van der Waals surface area contributed by atoms with Crippen molar-refractivity contribution in [2.45, 2.75) is 39.0 Å². The second-order valence-electron chi connectivity index (χ2n) is 5.56. The van der Waals surface area contributed by atoms with E-state index in [0.29, 0.717) is 25.4 Å². The zero-order valence-corrected chi connectivity index (χ0v) is 13.8. The number of ether oxygens (including phenoxy) is 1. The maximum atomic E-state index is 12.7. The van der Waals surface area contributed by atoms with E-state index in [9.17, 15) is 4.79 Å². The number of halogens is 1. The van der Waals surface area contributed by atoms with E-state index in [1.807, 2.05) is 28.7 Å². The zero-order valence-electron chi connectivity index (χ0n) is 12.2. The number of hydrogen-bond acceptors (Lipinski definition) is 3. The average molecular weight is 344 g/mol. The lowest BCUT2D eigenvalue weighted by molar-refractivity contribution is -0.0303. The SMILES string of the molecule is CC(N)C1CN(C(=O)c2cc(Br)cn2C(C)C)CCO1. The van der Waals surface area contributed by atoms with Crippen molar-refractivity contribution < 1.29 is 9.53 Å². The quantitative estimate of drug-likeness (QED) is 0.913. The third-order valence-corrected chi connectivity index (χ3v) is 3.99. The fourth-order valence-electron chi connectivity index (χ4n) is 2.38. The molecule has 1 fully saturated rings. The number of hydrogen-bond donors (Lipinski definition) is 1. The minimum atomic E-state index is -0.0846. The van der Waals surface area contributed by atoms with E-state index < -0.39 is 0 Å². The number of amides is 1. The number of carbonyl (C=O) groups excluding carboxylic acids is 1. The average Bonchev–Trinajstić information content (AvgIpc) is 2.80. The molecule has 1 amide bonds. The molecule has 0 aliphatic carbocycles. The molecule has 5 nitrogen and oxygen atoms in total. The summed E-state index contributed by atoms with van der Waals surface area (Å²) in [5, 5.41) is 0. The molecule has 0 spiro atoms. The molecule has 0 radical (unpaired) electrons. The highest BCUT2D eigenvalue weighted by molar-refractivity contribution is 9.10. The summed E-state index contributed by atoms with van der Waals surface area (Å²) < 4.78 is 8.52. The van der Waals surface area contributed by atoms with Gasteiger partial charge in [-0.1, -0.05) is 0 Å². The number of carbonyl (C=O) groups is 1. The summed E-state index contributed by atoms with van der Waals surface area (Å²) in [6, 6.07) is 2.04. The molecular weight excluding hydrogens is 322 g/mol. The van der Waals surface area contributed by atoms with Gasteiger partial charge in [-0.05, 0) is 42.8 Å². The molecule has 0 saturated carbocycles. The summed E-state index contributed by atoms with van der Waals surface area (Å²) >= 11 is 3.44. The normalized spacial score (nSPS) is 21.3. The van der Waals surface area contributed by atoms with E-state index >= 15 is 0 Å². The molecule has 1 aromatic heterocycles. The number of aromatic nitrogens is 1. The van der Waals surface area contributed by atoms with Crippen molar-refractivity contribution in [1.82, 2.24) is 9.47 Å². The van der Waals surface area contributed by atoms with Gasteiger partial charge in [0.25, 0.3) is 5.91 Å². The van der Waals surface area contributed by atoms with Crippen LogP contribution < -0.4 is 5.73 Å². The predicted molar refractivity (Wildman–Crippen MR) is 81.8 cm³/mol. The topological polar surface area (TPSA) is 60.5 Å². The van der Waals surface area contributed by atoms with Crippen molar-refractivity contribution in [1.29, 1.82) is 0 Å². The standard InChI is InChI=1S/C14H22BrN3O2/c1-9(2)18-7-11(15)6-12(18)14(19)17-4-5-20-13(8-17)10(3)16/h6-7,9-10,13H,4-5,8,16H2,1-3H3. The Bertz CT molecular complexity index is 485. The molecular formula is C14H22BrN3O2. The van der Waals surface area contributed by atoms with E-state index in [1.54, 1.807) is 0 Å². The first-order valence-corrected chi connectivity index (χ1v) is 7.73. The van der Waals surface area contributed by atoms with Crippen molar-refractivity contribution in [2.75, 3.05) is 19.7 Å². The Labute approximate surface area is 128 Å². The molecule has 1 aliphatic rings. The first-order chi connectivity index (χ1) is 9.40.